The van der Waals surface area contributed by atoms with E-state index in [0.29, 0.717) is 10.2 Å². The third-order valence-corrected chi connectivity index (χ3v) is 5.37. The van der Waals surface area contributed by atoms with Gasteiger partial charge in [-0.2, -0.15) is 9.78 Å². The second-order valence-corrected chi connectivity index (χ2v) is 6.75. The van der Waals surface area contributed by atoms with Gasteiger partial charge in [0.05, 0.1) is 17.2 Å². The maximum atomic E-state index is 13.6. The standard InChI is InChI=1S/C17H13F2N3OS/c18-12-5-3-6-13(19)11(12)8-21-22-9-20-16-15(17(22)23)10-4-1-2-7-14(10)24-16/h3,5-6,8-9H,1-2,4,7H2. The molecule has 7 heteroatoms. The van der Waals surface area contributed by atoms with Gasteiger partial charge in [0.2, 0.25) is 0 Å². The fourth-order valence-electron chi connectivity index (χ4n) is 2.97. The Morgan fingerprint density at radius 2 is 1.96 bits per heavy atom. The molecule has 0 N–H and O–H groups in total. The Balaban J connectivity index is 1.82. The number of rotatable bonds is 2. The van der Waals surface area contributed by atoms with E-state index < -0.39 is 11.6 Å². The van der Waals surface area contributed by atoms with Crippen LogP contribution >= 0.6 is 11.3 Å². The molecule has 2 heterocycles. The summed E-state index contributed by atoms with van der Waals surface area (Å²) in [5.74, 6) is -1.46. The zero-order valence-corrected chi connectivity index (χ0v) is 13.4. The van der Waals surface area contributed by atoms with Gasteiger partial charge in [-0.1, -0.05) is 6.07 Å². The second-order valence-electron chi connectivity index (χ2n) is 5.67. The van der Waals surface area contributed by atoms with Gasteiger partial charge in [-0.15, -0.1) is 11.3 Å². The van der Waals surface area contributed by atoms with Crippen LogP contribution in [0.15, 0.2) is 34.4 Å². The highest BCUT2D eigenvalue weighted by molar-refractivity contribution is 7.18. The lowest BCUT2D eigenvalue weighted by Crippen LogP contribution is -2.18. The van der Waals surface area contributed by atoms with Crippen LogP contribution in [0.1, 0.15) is 28.8 Å². The van der Waals surface area contributed by atoms with E-state index in [1.165, 1.54) is 17.3 Å². The van der Waals surface area contributed by atoms with Crippen LogP contribution in [0.25, 0.3) is 10.2 Å². The van der Waals surface area contributed by atoms with Crippen molar-refractivity contribution in [3.8, 4) is 0 Å². The quantitative estimate of drug-likeness (QED) is 0.668. The maximum absolute atomic E-state index is 13.6. The largest absolute Gasteiger partial charge is 0.282 e. The van der Waals surface area contributed by atoms with Crippen molar-refractivity contribution in [3.05, 3.63) is 62.5 Å². The maximum Gasteiger partial charge on any atom is 0.282 e. The number of halogens is 2. The van der Waals surface area contributed by atoms with Crippen LogP contribution in [0.5, 0.6) is 0 Å². The normalized spacial score (nSPS) is 14.4. The topological polar surface area (TPSA) is 47.2 Å². The molecule has 0 radical (unpaired) electrons. The van der Waals surface area contributed by atoms with E-state index in [4.69, 9.17) is 0 Å². The number of nitrogens with zero attached hydrogens (tertiary/aromatic N) is 3. The summed E-state index contributed by atoms with van der Waals surface area (Å²) in [5, 5.41) is 4.50. The Hall–Kier alpha value is -2.41. The molecule has 0 saturated carbocycles. The zero-order valence-electron chi connectivity index (χ0n) is 12.6. The Labute approximate surface area is 140 Å². The van der Waals surface area contributed by atoms with Crippen molar-refractivity contribution < 1.29 is 8.78 Å². The number of fused-ring (bicyclic) bond motifs is 3. The first kappa shape index (κ1) is 15.1. The van der Waals surface area contributed by atoms with Gasteiger partial charge in [-0.25, -0.2) is 13.8 Å². The fourth-order valence-corrected chi connectivity index (χ4v) is 4.19. The molecule has 0 amide bonds. The molecular formula is C17H13F2N3OS. The van der Waals surface area contributed by atoms with E-state index in [2.05, 4.69) is 10.1 Å². The molecule has 0 aliphatic heterocycles. The average molecular weight is 345 g/mol. The number of hydrogen-bond acceptors (Lipinski definition) is 4. The van der Waals surface area contributed by atoms with Crippen molar-refractivity contribution in [3.63, 3.8) is 0 Å². The first-order valence-electron chi connectivity index (χ1n) is 7.65. The van der Waals surface area contributed by atoms with Gasteiger partial charge in [-0.05, 0) is 43.4 Å². The Kier molecular flexibility index (Phi) is 3.72. The molecule has 1 aromatic carbocycles. The van der Waals surface area contributed by atoms with Gasteiger partial charge < -0.3 is 0 Å². The van der Waals surface area contributed by atoms with E-state index in [9.17, 15) is 13.6 Å². The minimum Gasteiger partial charge on any atom is -0.267 e. The Bertz CT molecular complexity index is 1000. The molecule has 4 nitrogen and oxygen atoms in total. The van der Waals surface area contributed by atoms with Crippen molar-refractivity contribution in [1.82, 2.24) is 9.66 Å². The van der Waals surface area contributed by atoms with Crippen LogP contribution in [0.4, 0.5) is 8.78 Å². The van der Waals surface area contributed by atoms with Crippen LogP contribution in [0.2, 0.25) is 0 Å². The summed E-state index contributed by atoms with van der Waals surface area (Å²) in [6, 6.07) is 3.56. The van der Waals surface area contributed by atoms with Crippen LogP contribution in [-0.4, -0.2) is 15.9 Å². The molecule has 0 spiro atoms. The number of hydrogen-bond donors (Lipinski definition) is 0. The van der Waals surface area contributed by atoms with Crippen molar-refractivity contribution >= 4 is 27.8 Å². The molecule has 24 heavy (non-hydrogen) atoms. The zero-order chi connectivity index (χ0) is 16.7. The highest BCUT2D eigenvalue weighted by Crippen LogP contribution is 2.33. The monoisotopic (exact) mass is 345 g/mol. The third kappa shape index (κ3) is 2.45. The highest BCUT2D eigenvalue weighted by atomic mass is 32.1. The lowest BCUT2D eigenvalue weighted by molar-refractivity contribution is 0.579. The van der Waals surface area contributed by atoms with E-state index in [1.807, 2.05) is 0 Å². The minimum atomic E-state index is -0.728. The predicted octanol–water partition coefficient (Wildman–Crippen LogP) is 3.50. The average Bonchev–Trinajstić information content (AvgIpc) is 2.95. The van der Waals surface area contributed by atoms with Crippen molar-refractivity contribution in [2.75, 3.05) is 0 Å². The molecule has 0 fully saturated rings. The van der Waals surface area contributed by atoms with Gasteiger partial charge in [0.25, 0.3) is 5.56 Å². The molecule has 1 aliphatic rings. The predicted molar refractivity (Wildman–Crippen MR) is 89.9 cm³/mol. The molecular weight excluding hydrogens is 332 g/mol. The minimum absolute atomic E-state index is 0.281. The first-order valence-corrected chi connectivity index (χ1v) is 8.47. The highest BCUT2D eigenvalue weighted by Gasteiger charge is 2.19. The van der Waals surface area contributed by atoms with Gasteiger partial charge in [0.15, 0.2) is 0 Å². The Morgan fingerprint density at radius 1 is 1.21 bits per heavy atom. The van der Waals surface area contributed by atoms with Crippen LogP contribution in [-0.2, 0) is 12.8 Å². The number of aryl methyl sites for hydroxylation is 2. The summed E-state index contributed by atoms with van der Waals surface area (Å²) < 4.78 is 28.3. The second kappa shape index (κ2) is 5.90. The number of benzene rings is 1. The molecule has 4 rings (SSSR count). The molecule has 3 aromatic rings. The third-order valence-electron chi connectivity index (χ3n) is 4.17. The molecule has 0 atom stereocenters. The lowest BCUT2D eigenvalue weighted by atomic mass is 9.97. The molecule has 1 aliphatic carbocycles. The van der Waals surface area contributed by atoms with E-state index >= 15 is 0 Å². The summed E-state index contributed by atoms with van der Waals surface area (Å²) >= 11 is 1.55. The van der Waals surface area contributed by atoms with Crippen molar-refractivity contribution in [2.45, 2.75) is 25.7 Å². The summed E-state index contributed by atoms with van der Waals surface area (Å²) in [4.78, 5) is 18.9. The van der Waals surface area contributed by atoms with Crippen LogP contribution < -0.4 is 5.56 Å². The van der Waals surface area contributed by atoms with Gasteiger partial charge in [-0.3, -0.25) is 4.79 Å². The van der Waals surface area contributed by atoms with Crippen molar-refractivity contribution in [2.24, 2.45) is 5.10 Å². The van der Waals surface area contributed by atoms with Gasteiger partial charge >= 0.3 is 0 Å². The molecule has 0 bridgehead atoms. The Morgan fingerprint density at radius 3 is 2.75 bits per heavy atom. The number of thiophene rings is 1. The first-order chi connectivity index (χ1) is 11.6. The molecule has 0 saturated heterocycles. The number of aromatic nitrogens is 2. The smallest absolute Gasteiger partial charge is 0.267 e. The summed E-state index contributed by atoms with van der Waals surface area (Å²) in [6.07, 6.45) is 6.32. The van der Waals surface area contributed by atoms with E-state index in [1.54, 1.807) is 11.3 Å². The summed E-state index contributed by atoms with van der Waals surface area (Å²) in [5.41, 5.74) is 0.476. The molecule has 0 unspecified atom stereocenters. The van der Waals surface area contributed by atoms with E-state index in [-0.39, 0.29) is 11.1 Å². The van der Waals surface area contributed by atoms with Crippen molar-refractivity contribution in [1.29, 1.82) is 0 Å². The molecule has 122 valence electrons. The fraction of sp³-hybridized carbons (Fsp3) is 0.235. The van der Waals surface area contributed by atoms with Gasteiger partial charge in [0, 0.05) is 4.88 Å². The summed E-state index contributed by atoms with van der Waals surface area (Å²) in [6.45, 7) is 0. The summed E-state index contributed by atoms with van der Waals surface area (Å²) in [7, 11) is 0. The van der Waals surface area contributed by atoms with E-state index in [0.717, 1.165) is 54.3 Å². The van der Waals surface area contributed by atoms with Crippen LogP contribution in [0.3, 0.4) is 0 Å². The SMILES string of the molecule is O=c1c2c3c(sc2ncn1N=Cc1c(F)cccc1F)CCCC3. The van der Waals surface area contributed by atoms with Crippen LogP contribution in [0, 0.1) is 11.6 Å². The molecule has 2 aromatic heterocycles. The lowest BCUT2D eigenvalue weighted by Gasteiger charge is -2.09. The van der Waals surface area contributed by atoms with Gasteiger partial charge in [0.1, 0.15) is 22.8 Å².